The summed E-state index contributed by atoms with van der Waals surface area (Å²) in [4.78, 5) is -0.276. The van der Waals surface area contributed by atoms with Crippen LogP contribution in [0.4, 0.5) is 14.5 Å². The summed E-state index contributed by atoms with van der Waals surface area (Å²) in [5.74, 6) is -2.30. The first-order valence-corrected chi connectivity index (χ1v) is 8.19. The molecule has 7 heteroatoms. The lowest BCUT2D eigenvalue weighted by molar-refractivity contribution is 0.505. The van der Waals surface area contributed by atoms with Crippen molar-refractivity contribution in [1.82, 2.24) is 0 Å². The fourth-order valence-electron chi connectivity index (χ4n) is 2.02. The summed E-state index contributed by atoms with van der Waals surface area (Å²) < 4.78 is 51.7. The molecule has 0 radical (unpaired) electrons. The smallest absolute Gasteiger partial charge is 0.204 e. The molecule has 0 bridgehead atoms. The van der Waals surface area contributed by atoms with Crippen molar-refractivity contribution in [3.63, 3.8) is 0 Å². The van der Waals surface area contributed by atoms with Crippen molar-refractivity contribution in [3.05, 3.63) is 63.5 Å². The molecule has 108 valence electrons. The molecule has 3 nitrogen and oxygen atoms in total. The molecule has 0 spiro atoms. The zero-order chi connectivity index (χ0) is 15.2. The Hall–Kier alpha value is -1.73. The van der Waals surface area contributed by atoms with E-state index in [0.717, 1.165) is 15.9 Å². The van der Waals surface area contributed by atoms with Gasteiger partial charge >= 0.3 is 0 Å². The number of hydrogen-bond donors (Lipinski definition) is 1. The van der Waals surface area contributed by atoms with E-state index in [1.165, 1.54) is 0 Å². The number of rotatable bonds is 1. The first kappa shape index (κ1) is 14.2. The van der Waals surface area contributed by atoms with Crippen molar-refractivity contribution in [3.8, 4) is 0 Å². The van der Waals surface area contributed by atoms with Gasteiger partial charge in [-0.05, 0) is 23.8 Å². The van der Waals surface area contributed by atoms with Gasteiger partial charge in [-0.1, -0.05) is 28.1 Å². The standard InChI is InChI=1S/C14H8BrF2NO2S/c15-9-3-1-8(2-4-9)13-7-21(19,20)14-6-11(17)10(16)5-12(14)18-13/h1-7,18H. The van der Waals surface area contributed by atoms with Crippen molar-refractivity contribution in [2.45, 2.75) is 4.90 Å². The van der Waals surface area contributed by atoms with E-state index in [2.05, 4.69) is 21.2 Å². The SMILES string of the molecule is O=S1(=O)C=C(c2ccc(Br)cc2)Nc2cc(F)c(F)cc21. The van der Waals surface area contributed by atoms with E-state index in [1.54, 1.807) is 24.3 Å². The maximum atomic E-state index is 13.3. The molecule has 0 aliphatic carbocycles. The van der Waals surface area contributed by atoms with Crippen molar-refractivity contribution < 1.29 is 17.2 Å². The lowest BCUT2D eigenvalue weighted by Crippen LogP contribution is -2.13. The molecule has 0 saturated heterocycles. The molecule has 0 saturated carbocycles. The minimum Gasteiger partial charge on any atom is -0.353 e. The number of nitrogens with one attached hydrogen (secondary N) is 1. The van der Waals surface area contributed by atoms with Gasteiger partial charge in [-0.3, -0.25) is 0 Å². The van der Waals surface area contributed by atoms with Gasteiger partial charge in [-0.2, -0.15) is 0 Å². The van der Waals surface area contributed by atoms with Gasteiger partial charge in [0, 0.05) is 10.5 Å². The largest absolute Gasteiger partial charge is 0.353 e. The molecule has 1 aliphatic rings. The highest BCUT2D eigenvalue weighted by Gasteiger charge is 2.26. The number of hydrogen-bond acceptors (Lipinski definition) is 3. The van der Waals surface area contributed by atoms with Gasteiger partial charge in [0.05, 0.1) is 21.7 Å². The van der Waals surface area contributed by atoms with Crippen LogP contribution in [0.3, 0.4) is 0 Å². The van der Waals surface area contributed by atoms with Crippen LogP contribution in [-0.2, 0) is 9.84 Å². The van der Waals surface area contributed by atoms with Crippen LogP contribution in [0.1, 0.15) is 5.56 Å². The van der Waals surface area contributed by atoms with E-state index in [-0.39, 0.29) is 10.6 Å². The molecule has 2 aromatic rings. The molecule has 2 aromatic carbocycles. The first-order chi connectivity index (χ1) is 9.87. The highest BCUT2D eigenvalue weighted by Crippen LogP contribution is 2.34. The Morgan fingerprint density at radius 2 is 1.62 bits per heavy atom. The third-order valence-corrected chi connectivity index (χ3v) is 5.05. The number of benzene rings is 2. The Balaban J connectivity index is 2.14. The molecule has 1 N–H and O–H groups in total. The van der Waals surface area contributed by atoms with Crippen LogP contribution in [0.25, 0.3) is 5.70 Å². The fourth-order valence-corrected chi connectivity index (χ4v) is 3.61. The van der Waals surface area contributed by atoms with E-state index < -0.39 is 21.5 Å². The Morgan fingerprint density at radius 1 is 1.00 bits per heavy atom. The fraction of sp³-hybridized carbons (Fsp3) is 0. The lowest BCUT2D eigenvalue weighted by atomic mass is 10.1. The normalized spacial score (nSPS) is 15.9. The van der Waals surface area contributed by atoms with Crippen molar-refractivity contribution in [2.24, 2.45) is 0 Å². The molecule has 0 aromatic heterocycles. The predicted molar refractivity (Wildman–Crippen MR) is 79.3 cm³/mol. The third-order valence-electron chi connectivity index (χ3n) is 3.03. The molecule has 1 aliphatic heterocycles. The molecular weight excluding hydrogens is 364 g/mol. The van der Waals surface area contributed by atoms with E-state index in [9.17, 15) is 17.2 Å². The molecular formula is C14H8BrF2NO2S. The summed E-state index contributed by atoms with van der Waals surface area (Å²) in [5, 5.41) is 3.83. The number of fused-ring (bicyclic) bond motifs is 1. The zero-order valence-corrected chi connectivity index (χ0v) is 12.8. The van der Waals surface area contributed by atoms with Gasteiger partial charge in [0.2, 0.25) is 9.84 Å². The van der Waals surface area contributed by atoms with E-state index in [4.69, 9.17) is 0 Å². The highest BCUT2D eigenvalue weighted by molar-refractivity contribution is 9.10. The minimum absolute atomic E-state index is 0.0225. The Morgan fingerprint density at radius 3 is 2.29 bits per heavy atom. The first-order valence-electron chi connectivity index (χ1n) is 5.85. The topological polar surface area (TPSA) is 46.2 Å². The van der Waals surface area contributed by atoms with Crippen molar-refractivity contribution in [1.29, 1.82) is 0 Å². The van der Waals surface area contributed by atoms with E-state index in [1.807, 2.05) is 0 Å². The van der Waals surface area contributed by atoms with Gasteiger partial charge in [-0.15, -0.1) is 0 Å². The quantitative estimate of drug-likeness (QED) is 0.772. The van der Waals surface area contributed by atoms with Crippen molar-refractivity contribution in [2.75, 3.05) is 5.32 Å². The van der Waals surface area contributed by atoms with Crippen LogP contribution >= 0.6 is 15.9 Å². The second kappa shape index (κ2) is 4.92. The monoisotopic (exact) mass is 371 g/mol. The second-order valence-electron chi connectivity index (χ2n) is 4.47. The number of halogens is 3. The number of sulfone groups is 1. The number of anilines is 1. The minimum atomic E-state index is -3.83. The summed E-state index contributed by atoms with van der Waals surface area (Å²) in [6.45, 7) is 0. The summed E-state index contributed by atoms with van der Waals surface area (Å²) in [6, 6.07) is 8.46. The Kier molecular flexibility index (Phi) is 3.33. The zero-order valence-electron chi connectivity index (χ0n) is 10.4. The molecule has 21 heavy (non-hydrogen) atoms. The third kappa shape index (κ3) is 2.58. The van der Waals surface area contributed by atoms with E-state index in [0.29, 0.717) is 17.3 Å². The van der Waals surface area contributed by atoms with Gasteiger partial charge in [0.15, 0.2) is 11.6 Å². The van der Waals surface area contributed by atoms with Crippen LogP contribution in [0.2, 0.25) is 0 Å². The second-order valence-corrected chi connectivity index (χ2v) is 7.15. The molecule has 0 amide bonds. The maximum Gasteiger partial charge on any atom is 0.204 e. The highest BCUT2D eigenvalue weighted by atomic mass is 79.9. The average Bonchev–Trinajstić information content (AvgIpc) is 2.41. The average molecular weight is 372 g/mol. The summed E-state index contributed by atoms with van der Waals surface area (Å²) >= 11 is 3.29. The molecule has 3 rings (SSSR count). The van der Waals surface area contributed by atoms with Gasteiger partial charge in [0.25, 0.3) is 0 Å². The van der Waals surface area contributed by atoms with E-state index >= 15 is 0 Å². The predicted octanol–water partition coefficient (Wildman–Crippen LogP) is 3.93. The van der Waals surface area contributed by atoms with Gasteiger partial charge in [-0.25, -0.2) is 17.2 Å². The van der Waals surface area contributed by atoms with Crippen LogP contribution in [0.5, 0.6) is 0 Å². The summed E-state index contributed by atoms with van der Waals surface area (Å²) in [7, 11) is -3.83. The van der Waals surface area contributed by atoms with Crippen molar-refractivity contribution >= 4 is 37.2 Å². The van der Waals surface area contributed by atoms with Gasteiger partial charge < -0.3 is 5.32 Å². The molecule has 0 fully saturated rings. The van der Waals surface area contributed by atoms with Crippen LogP contribution in [0.15, 0.2) is 51.2 Å². The Labute approximate surface area is 128 Å². The summed E-state index contributed by atoms with van der Waals surface area (Å²) in [5.41, 5.74) is 0.951. The molecule has 0 atom stereocenters. The molecule has 0 unspecified atom stereocenters. The Bertz CT molecular complexity index is 861. The molecule has 1 heterocycles. The van der Waals surface area contributed by atoms with Crippen LogP contribution in [-0.4, -0.2) is 8.42 Å². The van der Waals surface area contributed by atoms with Gasteiger partial charge in [0.1, 0.15) is 0 Å². The summed E-state index contributed by atoms with van der Waals surface area (Å²) in [6.07, 6.45) is 0. The lowest BCUT2D eigenvalue weighted by Gasteiger charge is -2.20. The maximum absolute atomic E-state index is 13.3. The van der Waals surface area contributed by atoms with Crippen LogP contribution in [0, 0.1) is 11.6 Å². The van der Waals surface area contributed by atoms with Crippen LogP contribution < -0.4 is 5.32 Å².